The first-order valence-electron chi connectivity index (χ1n) is 5.76. The Hall–Kier alpha value is -1.70. The van der Waals surface area contributed by atoms with Crippen LogP contribution in [-0.4, -0.2) is 17.7 Å². The van der Waals surface area contributed by atoms with E-state index in [1.165, 1.54) is 11.3 Å². The second-order valence-electron chi connectivity index (χ2n) is 4.37. The lowest BCUT2D eigenvalue weighted by molar-refractivity contribution is 0.475. The minimum atomic E-state index is 0.375. The molecule has 1 atom stereocenters. The van der Waals surface area contributed by atoms with E-state index in [1.54, 1.807) is 6.07 Å². The molecule has 0 saturated carbocycles. The summed E-state index contributed by atoms with van der Waals surface area (Å²) in [5.41, 5.74) is 2.55. The van der Waals surface area contributed by atoms with Crippen molar-refractivity contribution in [2.24, 2.45) is 0 Å². The Morgan fingerprint density at radius 3 is 3.00 bits per heavy atom. The third kappa shape index (κ3) is 1.51. The van der Waals surface area contributed by atoms with E-state index >= 15 is 0 Å². The van der Waals surface area contributed by atoms with Crippen molar-refractivity contribution < 1.29 is 5.11 Å². The van der Waals surface area contributed by atoms with Crippen LogP contribution >= 0.6 is 0 Å². The summed E-state index contributed by atoms with van der Waals surface area (Å²) in [6.45, 7) is 1.06. The van der Waals surface area contributed by atoms with Crippen molar-refractivity contribution >= 4 is 5.69 Å². The molecule has 1 unspecified atom stereocenters. The van der Waals surface area contributed by atoms with Gasteiger partial charge in [0.2, 0.25) is 0 Å². The van der Waals surface area contributed by atoms with Crippen LogP contribution in [0.15, 0.2) is 42.5 Å². The van der Waals surface area contributed by atoms with Gasteiger partial charge in [-0.05, 0) is 36.6 Å². The van der Waals surface area contributed by atoms with Crippen LogP contribution in [0.1, 0.15) is 12.0 Å². The molecule has 1 heterocycles. The normalized spacial score (nSPS) is 22.5. The molecule has 0 saturated heterocycles. The molecule has 0 fully saturated rings. The fraction of sp³-hybridized carbons (Fsp3) is 0.286. The third-order valence-corrected chi connectivity index (χ3v) is 3.35. The van der Waals surface area contributed by atoms with Gasteiger partial charge >= 0.3 is 0 Å². The molecular weight excluding hydrogens is 198 g/mol. The maximum Gasteiger partial charge on any atom is 0.116 e. The van der Waals surface area contributed by atoms with Crippen LogP contribution in [0.3, 0.4) is 0 Å². The summed E-state index contributed by atoms with van der Waals surface area (Å²) in [7, 11) is 0. The fourth-order valence-corrected chi connectivity index (χ4v) is 2.56. The van der Waals surface area contributed by atoms with Gasteiger partial charge in [-0.2, -0.15) is 0 Å². The van der Waals surface area contributed by atoms with Gasteiger partial charge in [-0.1, -0.05) is 24.3 Å². The van der Waals surface area contributed by atoms with Gasteiger partial charge in [-0.15, -0.1) is 0 Å². The van der Waals surface area contributed by atoms with Gasteiger partial charge in [-0.3, -0.25) is 0 Å². The molecule has 2 aliphatic rings. The number of allylic oxidation sites excluding steroid dienone is 2. The highest BCUT2D eigenvalue weighted by Gasteiger charge is 2.24. The van der Waals surface area contributed by atoms with Crippen LogP contribution in [0.2, 0.25) is 0 Å². The summed E-state index contributed by atoms with van der Waals surface area (Å²) >= 11 is 0. The summed E-state index contributed by atoms with van der Waals surface area (Å²) in [6, 6.07) is 6.18. The Balaban J connectivity index is 1.91. The summed E-state index contributed by atoms with van der Waals surface area (Å²) in [5.74, 6) is 0.375. The highest BCUT2D eigenvalue weighted by atomic mass is 16.3. The molecule has 2 nitrogen and oxygen atoms in total. The number of hydrogen-bond donors (Lipinski definition) is 1. The predicted octanol–water partition coefficient (Wildman–Crippen LogP) is 2.64. The average Bonchev–Trinajstić information content (AvgIpc) is 2.73. The smallest absolute Gasteiger partial charge is 0.116 e. The van der Waals surface area contributed by atoms with Crippen LogP contribution in [-0.2, 0) is 6.42 Å². The zero-order chi connectivity index (χ0) is 11.0. The first kappa shape index (κ1) is 9.52. The Kier molecular flexibility index (Phi) is 2.21. The first-order valence-corrected chi connectivity index (χ1v) is 5.76. The van der Waals surface area contributed by atoms with Crippen LogP contribution in [0.4, 0.5) is 5.69 Å². The van der Waals surface area contributed by atoms with Gasteiger partial charge in [-0.25, -0.2) is 0 Å². The largest absolute Gasteiger partial charge is 0.508 e. The zero-order valence-corrected chi connectivity index (χ0v) is 9.13. The second kappa shape index (κ2) is 3.71. The van der Waals surface area contributed by atoms with Gasteiger partial charge in [0.05, 0.1) is 6.04 Å². The van der Waals surface area contributed by atoms with Crippen molar-refractivity contribution in [1.29, 1.82) is 0 Å². The zero-order valence-electron chi connectivity index (χ0n) is 9.13. The monoisotopic (exact) mass is 213 g/mol. The fourth-order valence-electron chi connectivity index (χ4n) is 2.56. The molecule has 0 amide bonds. The molecular formula is C14H15NO. The molecule has 82 valence electrons. The third-order valence-electron chi connectivity index (χ3n) is 3.35. The van der Waals surface area contributed by atoms with Crippen molar-refractivity contribution in [3.05, 3.63) is 48.1 Å². The first-order chi connectivity index (χ1) is 7.84. The number of phenolic OH excluding ortho intramolecular Hbond substituents is 1. The Morgan fingerprint density at radius 1 is 1.25 bits per heavy atom. The minimum Gasteiger partial charge on any atom is -0.508 e. The minimum absolute atomic E-state index is 0.375. The molecule has 1 aliphatic heterocycles. The number of phenols is 1. The number of anilines is 1. The van der Waals surface area contributed by atoms with Crippen molar-refractivity contribution in [2.45, 2.75) is 18.9 Å². The van der Waals surface area contributed by atoms with Gasteiger partial charge < -0.3 is 10.0 Å². The topological polar surface area (TPSA) is 23.5 Å². The van der Waals surface area contributed by atoms with E-state index in [9.17, 15) is 5.11 Å². The number of hydrogen-bond acceptors (Lipinski definition) is 2. The number of nitrogens with zero attached hydrogens (tertiary/aromatic N) is 1. The van der Waals surface area contributed by atoms with Crippen molar-refractivity contribution in [2.75, 3.05) is 11.4 Å². The van der Waals surface area contributed by atoms with E-state index in [4.69, 9.17) is 0 Å². The maximum atomic E-state index is 9.45. The Labute approximate surface area is 95.5 Å². The number of aromatic hydroxyl groups is 1. The van der Waals surface area contributed by atoms with E-state index < -0.39 is 0 Å². The molecule has 1 N–H and O–H groups in total. The molecule has 1 aliphatic carbocycles. The molecule has 3 rings (SSSR count). The van der Waals surface area contributed by atoms with Crippen molar-refractivity contribution in [3.8, 4) is 5.75 Å². The van der Waals surface area contributed by atoms with Crippen LogP contribution < -0.4 is 4.90 Å². The van der Waals surface area contributed by atoms with E-state index in [0.29, 0.717) is 11.8 Å². The molecule has 1 aromatic carbocycles. The van der Waals surface area contributed by atoms with E-state index in [1.807, 2.05) is 12.1 Å². The standard InChI is InChI=1S/C14H15NO/c16-13-6-7-14-11(10-13)8-9-15(14)12-4-2-1-3-5-12/h1-4,6-7,10,12,16H,5,8-9H2. The van der Waals surface area contributed by atoms with Crippen LogP contribution in [0.5, 0.6) is 5.75 Å². The number of benzene rings is 1. The lowest BCUT2D eigenvalue weighted by Gasteiger charge is -2.28. The summed E-state index contributed by atoms with van der Waals surface area (Å²) in [6.07, 6.45) is 10.8. The summed E-state index contributed by atoms with van der Waals surface area (Å²) in [4.78, 5) is 2.43. The van der Waals surface area contributed by atoms with E-state index in [2.05, 4.69) is 29.2 Å². The quantitative estimate of drug-likeness (QED) is 0.775. The highest BCUT2D eigenvalue weighted by molar-refractivity contribution is 5.61. The maximum absolute atomic E-state index is 9.45. The molecule has 0 bridgehead atoms. The Bertz CT molecular complexity index is 462. The van der Waals surface area contributed by atoms with Crippen molar-refractivity contribution in [1.82, 2.24) is 0 Å². The van der Waals surface area contributed by atoms with Gasteiger partial charge in [0.25, 0.3) is 0 Å². The second-order valence-corrected chi connectivity index (χ2v) is 4.37. The molecule has 2 heteroatoms. The SMILES string of the molecule is Oc1ccc2c(c1)CCN2C1C=CC=CC1. The number of fused-ring (bicyclic) bond motifs is 1. The van der Waals surface area contributed by atoms with E-state index in [0.717, 1.165) is 19.4 Å². The van der Waals surface area contributed by atoms with E-state index in [-0.39, 0.29) is 0 Å². The Morgan fingerprint density at radius 2 is 2.19 bits per heavy atom. The lowest BCUT2D eigenvalue weighted by atomic mass is 10.1. The average molecular weight is 213 g/mol. The molecule has 0 spiro atoms. The van der Waals surface area contributed by atoms with Gasteiger partial charge in [0.15, 0.2) is 0 Å². The molecule has 1 aromatic rings. The van der Waals surface area contributed by atoms with Crippen LogP contribution in [0.25, 0.3) is 0 Å². The van der Waals surface area contributed by atoms with Gasteiger partial charge in [0.1, 0.15) is 5.75 Å². The number of rotatable bonds is 1. The van der Waals surface area contributed by atoms with Crippen LogP contribution in [0, 0.1) is 0 Å². The van der Waals surface area contributed by atoms with Crippen molar-refractivity contribution in [3.63, 3.8) is 0 Å². The summed E-state index contributed by atoms with van der Waals surface area (Å²) in [5, 5.41) is 9.45. The predicted molar refractivity (Wildman–Crippen MR) is 65.8 cm³/mol. The molecule has 16 heavy (non-hydrogen) atoms. The molecule has 0 aromatic heterocycles. The highest BCUT2D eigenvalue weighted by Crippen LogP contribution is 2.33. The van der Waals surface area contributed by atoms with Gasteiger partial charge in [0, 0.05) is 12.2 Å². The lowest BCUT2D eigenvalue weighted by Crippen LogP contribution is -2.32. The molecule has 0 radical (unpaired) electrons. The summed E-state index contributed by atoms with van der Waals surface area (Å²) < 4.78 is 0.